The van der Waals surface area contributed by atoms with E-state index in [2.05, 4.69) is 15.0 Å². The van der Waals surface area contributed by atoms with Gasteiger partial charge in [0, 0.05) is 23.3 Å². The highest BCUT2D eigenvalue weighted by Crippen LogP contribution is 2.37. The Hall–Kier alpha value is -2.69. The Kier molecular flexibility index (Phi) is 2.82. The van der Waals surface area contributed by atoms with Gasteiger partial charge in [0.05, 0.1) is 12.0 Å². The minimum absolute atomic E-state index is 0.126. The number of Topliss-reactive ketones (excluding diaryl/α,β-unsaturated/α-hetero) is 1. The quantitative estimate of drug-likeness (QED) is 0.744. The average Bonchev–Trinajstić information content (AvgIpc) is 2.88. The number of carbonyl (C=O) groups is 1. The minimum atomic E-state index is -0.469. The summed E-state index contributed by atoms with van der Waals surface area (Å²) in [5.74, 6) is 1.50. The third-order valence-electron chi connectivity index (χ3n) is 4.12. The third kappa shape index (κ3) is 2.29. The van der Waals surface area contributed by atoms with Crippen LogP contribution in [-0.2, 0) is 0 Å². The third-order valence-corrected chi connectivity index (χ3v) is 4.12. The van der Waals surface area contributed by atoms with Crippen molar-refractivity contribution in [2.75, 3.05) is 0 Å². The molecule has 116 valence electrons. The van der Waals surface area contributed by atoms with Crippen molar-refractivity contribution in [1.29, 1.82) is 0 Å². The summed E-state index contributed by atoms with van der Waals surface area (Å²) in [6.45, 7) is 5.73. The molecule has 5 nitrogen and oxygen atoms in total. The normalized spacial score (nSPS) is 16.2. The number of nitrogens with zero attached hydrogens (tertiary/aromatic N) is 2. The Balaban J connectivity index is 1.85. The molecule has 23 heavy (non-hydrogen) atoms. The minimum Gasteiger partial charge on any atom is -0.487 e. The molecule has 0 aliphatic carbocycles. The lowest BCUT2D eigenvalue weighted by Gasteiger charge is -2.31. The van der Waals surface area contributed by atoms with E-state index in [0.717, 1.165) is 28.0 Å². The van der Waals surface area contributed by atoms with Crippen LogP contribution in [0.5, 0.6) is 5.75 Å². The van der Waals surface area contributed by atoms with E-state index in [1.807, 2.05) is 51.4 Å². The maximum atomic E-state index is 12.2. The van der Waals surface area contributed by atoms with Crippen LogP contribution >= 0.6 is 0 Å². The summed E-state index contributed by atoms with van der Waals surface area (Å²) in [7, 11) is 0. The highest BCUT2D eigenvalue weighted by Gasteiger charge is 2.32. The Bertz CT molecular complexity index is 941. The largest absolute Gasteiger partial charge is 0.487 e. The zero-order valence-corrected chi connectivity index (χ0v) is 13.3. The first-order valence-corrected chi connectivity index (χ1v) is 7.60. The van der Waals surface area contributed by atoms with Gasteiger partial charge in [-0.25, -0.2) is 9.97 Å². The SMILES string of the molecule is Cc1ncc2c(-c3ccc4c(c3)OC(C)(C)CC4=O)c[nH]c2n1. The first-order chi connectivity index (χ1) is 10.9. The van der Waals surface area contributed by atoms with Gasteiger partial charge in [-0.3, -0.25) is 4.79 Å². The molecule has 0 saturated heterocycles. The van der Waals surface area contributed by atoms with Crippen molar-refractivity contribution < 1.29 is 9.53 Å². The van der Waals surface area contributed by atoms with Crippen molar-refractivity contribution in [3.63, 3.8) is 0 Å². The number of aromatic amines is 1. The van der Waals surface area contributed by atoms with E-state index >= 15 is 0 Å². The topological polar surface area (TPSA) is 67.9 Å². The van der Waals surface area contributed by atoms with Crippen LogP contribution in [0, 0.1) is 6.92 Å². The Morgan fingerprint density at radius 2 is 2.09 bits per heavy atom. The van der Waals surface area contributed by atoms with E-state index in [1.165, 1.54) is 0 Å². The predicted octanol–water partition coefficient (Wildman–Crippen LogP) is 3.68. The smallest absolute Gasteiger partial charge is 0.170 e. The Labute approximate surface area is 133 Å². The van der Waals surface area contributed by atoms with Crippen LogP contribution in [0.25, 0.3) is 22.2 Å². The van der Waals surface area contributed by atoms with Crippen molar-refractivity contribution in [2.24, 2.45) is 0 Å². The number of hydrogen-bond acceptors (Lipinski definition) is 4. The molecule has 3 heterocycles. The molecule has 0 fully saturated rings. The van der Waals surface area contributed by atoms with Gasteiger partial charge in [0.2, 0.25) is 0 Å². The molecule has 0 saturated carbocycles. The highest BCUT2D eigenvalue weighted by atomic mass is 16.5. The number of rotatable bonds is 1. The van der Waals surface area contributed by atoms with Gasteiger partial charge in [-0.2, -0.15) is 0 Å². The Morgan fingerprint density at radius 3 is 2.91 bits per heavy atom. The number of ether oxygens (including phenoxy) is 1. The molecule has 1 aliphatic heterocycles. The second-order valence-corrected chi connectivity index (χ2v) is 6.55. The monoisotopic (exact) mass is 307 g/mol. The van der Waals surface area contributed by atoms with Crippen molar-refractivity contribution in [3.8, 4) is 16.9 Å². The number of aryl methyl sites for hydroxylation is 1. The van der Waals surface area contributed by atoms with Gasteiger partial charge in [-0.15, -0.1) is 0 Å². The second kappa shape index (κ2) is 4.65. The molecule has 5 heteroatoms. The summed E-state index contributed by atoms with van der Waals surface area (Å²) in [5, 5.41) is 0.956. The molecule has 0 radical (unpaired) electrons. The first-order valence-electron chi connectivity index (χ1n) is 7.60. The average molecular weight is 307 g/mol. The van der Waals surface area contributed by atoms with Gasteiger partial charge in [0.1, 0.15) is 22.8 Å². The fourth-order valence-corrected chi connectivity index (χ4v) is 3.05. The van der Waals surface area contributed by atoms with Crippen LogP contribution in [-0.4, -0.2) is 26.3 Å². The number of aromatic nitrogens is 3. The van der Waals surface area contributed by atoms with Gasteiger partial charge in [-0.05, 0) is 38.5 Å². The lowest BCUT2D eigenvalue weighted by atomic mass is 9.91. The van der Waals surface area contributed by atoms with E-state index < -0.39 is 5.60 Å². The Morgan fingerprint density at radius 1 is 1.26 bits per heavy atom. The summed E-state index contributed by atoms with van der Waals surface area (Å²) in [4.78, 5) is 24.1. The summed E-state index contributed by atoms with van der Waals surface area (Å²) >= 11 is 0. The van der Waals surface area contributed by atoms with E-state index in [1.54, 1.807) is 0 Å². The molecule has 0 spiro atoms. The predicted molar refractivity (Wildman–Crippen MR) is 87.7 cm³/mol. The molecule has 0 atom stereocenters. The molecule has 1 aliphatic rings. The van der Waals surface area contributed by atoms with Crippen molar-refractivity contribution >= 4 is 16.8 Å². The van der Waals surface area contributed by atoms with Gasteiger partial charge in [-0.1, -0.05) is 6.07 Å². The zero-order valence-electron chi connectivity index (χ0n) is 13.3. The van der Waals surface area contributed by atoms with Crippen molar-refractivity contribution in [2.45, 2.75) is 32.8 Å². The van der Waals surface area contributed by atoms with Crippen molar-refractivity contribution in [1.82, 2.24) is 15.0 Å². The molecule has 2 aromatic heterocycles. The van der Waals surface area contributed by atoms with Crippen LogP contribution in [0.15, 0.2) is 30.6 Å². The van der Waals surface area contributed by atoms with Crippen LogP contribution in [0.3, 0.4) is 0 Å². The first kappa shape index (κ1) is 13.9. The molecule has 1 N–H and O–H groups in total. The van der Waals surface area contributed by atoms with Crippen molar-refractivity contribution in [3.05, 3.63) is 42.0 Å². The summed E-state index contributed by atoms with van der Waals surface area (Å²) < 4.78 is 6.00. The van der Waals surface area contributed by atoms with Gasteiger partial charge < -0.3 is 9.72 Å². The van der Waals surface area contributed by atoms with Gasteiger partial charge in [0.15, 0.2) is 5.78 Å². The standard InChI is InChI=1S/C18H17N3O2/c1-10-19-9-14-13(8-20-17(14)21-10)11-4-5-12-15(22)7-18(2,3)23-16(12)6-11/h4-6,8-9H,7H2,1-3H3,(H,19,20,21). The fraction of sp³-hybridized carbons (Fsp3) is 0.278. The number of carbonyl (C=O) groups excluding carboxylic acids is 1. The van der Waals surface area contributed by atoms with E-state index in [9.17, 15) is 4.79 Å². The van der Waals surface area contributed by atoms with Crippen LogP contribution in [0.2, 0.25) is 0 Å². The molecular formula is C18H17N3O2. The van der Waals surface area contributed by atoms with Crippen LogP contribution < -0.4 is 4.74 Å². The van der Waals surface area contributed by atoms with Gasteiger partial charge in [0.25, 0.3) is 0 Å². The second-order valence-electron chi connectivity index (χ2n) is 6.55. The molecule has 0 unspecified atom stereocenters. The number of hydrogen-bond donors (Lipinski definition) is 1. The zero-order chi connectivity index (χ0) is 16.2. The van der Waals surface area contributed by atoms with Gasteiger partial charge >= 0.3 is 0 Å². The van der Waals surface area contributed by atoms with E-state index in [-0.39, 0.29) is 5.78 Å². The molecule has 1 aromatic carbocycles. The number of ketones is 1. The van der Waals surface area contributed by atoms with Crippen LogP contribution in [0.4, 0.5) is 0 Å². The lowest BCUT2D eigenvalue weighted by molar-refractivity contribution is 0.0620. The number of nitrogens with one attached hydrogen (secondary N) is 1. The molecule has 3 aromatic rings. The molecular weight excluding hydrogens is 290 g/mol. The summed E-state index contributed by atoms with van der Waals surface area (Å²) in [6.07, 6.45) is 4.13. The van der Waals surface area contributed by atoms with E-state index in [0.29, 0.717) is 17.7 Å². The number of H-pyrrole nitrogens is 1. The summed E-state index contributed by atoms with van der Waals surface area (Å²) in [6, 6.07) is 5.72. The molecule has 0 bridgehead atoms. The van der Waals surface area contributed by atoms with E-state index in [4.69, 9.17) is 4.74 Å². The highest BCUT2D eigenvalue weighted by molar-refractivity contribution is 6.01. The number of benzene rings is 1. The fourth-order valence-electron chi connectivity index (χ4n) is 3.05. The maximum Gasteiger partial charge on any atom is 0.170 e. The maximum absolute atomic E-state index is 12.2. The number of fused-ring (bicyclic) bond motifs is 2. The molecule has 0 amide bonds. The molecule has 4 rings (SSSR count). The van der Waals surface area contributed by atoms with Crippen LogP contribution in [0.1, 0.15) is 36.5 Å². The summed E-state index contributed by atoms with van der Waals surface area (Å²) in [5.41, 5.74) is 2.97. The lowest BCUT2D eigenvalue weighted by Crippen LogP contribution is -2.35.